The summed E-state index contributed by atoms with van der Waals surface area (Å²) in [6.07, 6.45) is 0.0000449. The molecule has 2 aromatic rings. The number of aliphatic hydroxyl groups excluding tert-OH is 1. The molecule has 3 N–H and O–H groups in total. The molecule has 0 spiro atoms. The lowest BCUT2D eigenvalue weighted by Gasteiger charge is -2.19. The summed E-state index contributed by atoms with van der Waals surface area (Å²) in [7, 11) is 0. The fourth-order valence-electron chi connectivity index (χ4n) is 3.19. The first-order valence-electron chi connectivity index (χ1n) is 10.5. The van der Waals surface area contributed by atoms with Crippen LogP contribution in [0.3, 0.4) is 0 Å². The lowest BCUT2D eigenvalue weighted by Crippen LogP contribution is -2.35. The number of carbonyl (C=O) groups excluding carboxylic acids is 2. The minimum Gasteiger partial charge on any atom is -0.392 e. The Bertz CT molecular complexity index is 925. The van der Waals surface area contributed by atoms with Crippen LogP contribution >= 0.6 is 11.9 Å². The van der Waals surface area contributed by atoms with Crippen LogP contribution in [0.15, 0.2) is 48.5 Å². The third kappa shape index (κ3) is 8.08. The van der Waals surface area contributed by atoms with Gasteiger partial charge in [0.1, 0.15) is 0 Å². The van der Waals surface area contributed by atoms with E-state index >= 15 is 0 Å². The minimum absolute atomic E-state index is 0.0947. The number of benzene rings is 2. The highest BCUT2D eigenvalue weighted by Gasteiger charge is 2.45. The Kier molecular flexibility index (Phi) is 9.36. The summed E-state index contributed by atoms with van der Waals surface area (Å²) in [5.41, 5.74) is 1.29. The fourth-order valence-corrected chi connectivity index (χ4v) is 3.49. The quantitative estimate of drug-likeness (QED) is 0.483. The van der Waals surface area contributed by atoms with Crippen molar-refractivity contribution in [1.82, 2.24) is 10.0 Å². The van der Waals surface area contributed by atoms with E-state index in [0.717, 1.165) is 30.5 Å². The zero-order chi connectivity index (χ0) is 24.6. The molecule has 1 aliphatic carbocycles. The molecule has 1 fully saturated rings. The average Bonchev–Trinajstić information content (AvgIpc) is 3.53. The van der Waals surface area contributed by atoms with Crippen LogP contribution in [-0.4, -0.2) is 23.2 Å². The van der Waals surface area contributed by atoms with Crippen molar-refractivity contribution in [1.29, 1.82) is 0 Å². The molecule has 0 saturated heterocycles. The topological polar surface area (TPSA) is 78.4 Å². The molecule has 0 unspecified atom stereocenters. The van der Waals surface area contributed by atoms with E-state index < -0.39 is 11.7 Å². The van der Waals surface area contributed by atoms with Crippen LogP contribution < -0.4 is 10.0 Å². The monoisotopic (exact) mass is 482 g/mol. The molecular formula is C24H29F3N2O3S. The number of nitrogens with one attached hydrogen (secondary N) is 2. The molecular weight excluding hydrogens is 453 g/mol. The smallest absolute Gasteiger partial charge is 0.392 e. The second-order valence-corrected chi connectivity index (χ2v) is 8.91. The van der Waals surface area contributed by atoms with Gasteiger partial charge in [0.2, 0.25) is 5.91 Å². The van der Waals surface area contributed by atoms with E-state index in [1.807, 2.05) is 44.4 Å². The van der Waals surface area contributed by atoms with Gasteiger partial charge in [-0.15, -0.1) is 0 Å². The predicted octanol–water partition coefficient (Wildman–Crippen LogP) is 5.04. The highest BCUT2D eigenvalue weighted by Crippen LogP contribution is 2.45. The van der Waals surface area contributed by atoms with Crippen LogP contribution in [0.1, 0.15) is 60.2 Å². The van der Waals surface area contributed by atoms with Gasteiger partial charge in [-0.1, -0.05) is 50.1 Å². The maximum Gasteiger partial charge on any atom is 0.416 e. The number of hydrogen-bond acceptors (Lipinski definition) is 4. The molecule has 2 amide bonds. The van der Waals surface area contributed by atoms with Gasteiger partial charge in [-0.25, -0.2) is 0 Å². The van der Waals surface area contributed by atoms with Gasteiger partial charge in [0, 0.05) is 18.2 Å². The molecule has 0 heterocycles. The maximum atomic E-state index is 12.0. The standard InChI is InChI=1S/C16H22N2O2S.C8H7F3O/c1-11(2)10-14(19)17-16(8-9-16)13-6-4-12(5-7-13)15(20)18-21-3;9-8(10,11)7-3-1-6(5-12)2-4-7/h4-7,11H,8-10H2,1-3H3,(H,17,19)(H,18,20);1-4,12H,5H2. The van der Waals surface area contributed by atoms with Crippen LogP contribution in [0.25, 0.3) is 0 Å². The Morgan fingerprint density at radius 1 is 1.06 bits per heavy atom. The molecule has 9 heteroatoms. The lowest BCUT2D eigenvalue weighted by atomic mass is 10.0. The summed E-state index contributed by atoms with van der Waals surface area (Å²) in [5.74, 6) is 0.368. The minimum atomic E-state index is -4.30. The molecule has 0 aliphatic heterocycles. The molecule has 3 rings (SSSR count). The Balaban J connectivity index is 0.000000273. The Morgan fingerprint density at radius 2 is 1.64 bits per heavy atom. The van der Waals surface area contributed by atoms with Crippen LogP contribution in [0.4, 0.5) is 13.2 Å². The van der Waals surface area contributed by atoms with Gasteiger partial charge >= 0.3 is 6.18 Å². The number of halogens is 3. The first kappa shape index (κ1) is 26.7. The van der Waals surface area contributed by atoms with E-state index in [4.69, 9.17) is 5.11 Å². The van der Waals surface area contributed by atoms with Crippen molar-refractivity contribution in [3.8, 4) is 0 Å². The zero-order valence-electron chi connectivity index (χ0n) is 18.8. The summed E-state index contributed by atoms with van der Waals surface area (Å²) in [6, 6.07) is 11.9. The molecule has 180 valence electrons. The van der Waals surface area contributed by atoms with Crippen molar-refractivity contribution < 1.29 is 27.9 Å². The first-order valence-corrected chi connectivity index (χ1v) is 11.7. The van der Waals surface area contributed by atoms with Crippen LogP contribution in [-0.2, 0) is 23.1 Å². The van der Waals surface area contributed by atoms with Crippen molar-refractivity contribution in [2.24, 2.45) is 5.92 Å². The molecule has 0 radical (unpaired) electrons. The van der Waals surface area contributed by atoms with Crippen molar-refractivity contribution in [3.05, 3.63) is 70.8 Å². The van der Waals surface area contributed by atoms with E-state index in [1.54, 1.807) is 0 Å². The molecule has 33 heavy (non-hydrogen) atoms. The van der Waals surface area contributed by atoms with E-state index in [9.17, 15) is 22.8 Å². The second kappa shape index (κ2) is 11.6. The van der Waals surface area contributed by atoms with Crippen molar-refractivity contribution >= 4 is 23.8 Å². The number of aliphatic hydroxyl groups is 1. The summed E-state index contributed by atoms with van der Waals surface area (Å²) in [5, 5.41) is 11.7. The highest BCUT2D eigenvalue weighted by atomic mass is 32.2. The van der Waals surface area contributed by atoms with E-state index in [1.165, 1.54) is 24.1 Å². The van der Waals surface area contributed by atoms with E-state index in [2.05, 4.69) is 10.0 Å². The van der Waals surface area contributed by atoms with Gasteiger partial charge in [0.25, 0.3) is 5.91 Å². The van der Waals surface area contributed by atoms with Gasteiger partial charge < -0.3 is 10.4 Å². The maximum absolute atomic E-state index is 12.0. The number of carbonyl (C=O) groups is 2. The van der Waals surface area contributed by atoms with Crippen molar-refractivity contribution in [2.45, 2.75) is 51.4 Å². The first-order chi connectivity index (χ1) is 15.5. The van der Waals surface area contributed by atoms with Crippen LogP contribution in [0.2, 0.25) is 0 Å². The van der Waals surface area contributed by atoms with Gasteiger partial charge in [0.05, 0.1) is 17.7 Å². The molecule has 2 aromatic carbocycles. The SMILES string of the molecule is CSNC(=O)c1ccc(C2(NC(=O)CC(C)C)CC2)cc1.OCc1ccc(C(F)(F)F)cc1. The third-order valence-corrected chi connectivity index (χ3v) is 5.47. The summed E-state index contributed by atoms with van der Waals surface area (Å²) < 4.78 is 38.6. The average molecular weight is 483 g/mol. The van der Waals surface area contributed by atoms with Crippen molar-refractivity contribution in [3.63, 3.8) is 0 Å². The Labute approximate surface area is 196 Å². The molecule has 0 atom stereocenters. The van der Waals surface area contributed by atoms with E-state index in [-0.39, 0.29) is 24.0 Å². The fraction of sp³-hybridized carbons (Fsp3) is 0.417. The Hall–Kier alpha value is -2.52. The lowest BCUT2D eigenvalue weighted by molar-refractivity contribution is -0.137. The van der Waals surface area contributed by atoms with Gasteiger partial charge in [-0.05, 0) is 54.2 Å². The zero-order valence-corrected chi connectivity index (χ0v) is 19.6. The summed E-state index contributed by atoms with van der Waals surface area (Å²) in [4.78, 5) is 23.7. The third-order valence-electron chi connectivity index (χ3n) is 5.08. The van der Waals surface area contributed by atoms with Gasteiger partial charge in [0.15, 0.2) is 0 Å². The van der Waals surface area contributed by atoms with E-state index in [0.29, 0.717) is 23.5 Å². The number of amides is 2. The van der Waals surface area contributed by atoms with Crippen LogP contribution in [0.5, 0.6) is 0 Å². The van der Waals surface area contributed by atoms with Gasteiger partial charge in [-0.2, -0.15) is 13.2 Å². The number of alkyl halides is 3. The molecule has 5 nitrogen and oxygen atoms in total. The largest absolute Gasteiger partial charge is 0.416 e. The highest BCUT2D eigenvalue weighted by molar-refractivity contribution is 7.97. The molecule has 1 aliphatic rings. The predicted molar refractivity (Wildman–Crippen MR) is 123 cm³/mol. The van der Waals surface area contributed by atoms with Crippen molar-refractivity contribution in [2.75, 3.05) is 6.26 Å². The number of hydrogen-bond donors (Lipinski definition) is 3. The molecule has 1 saturated carbocycles. The van der Waals surface area contributed by atoms with Crippen LogP contribution in [0, 0.1) is 5.92 Å². The summed E-state index contributed by atoms with van der Waals surface area (Å²) in [6.45, 7) is 3.84. The molecule has 0 bridgehead atoms. The summed E-state index contributed by atoms with van der Waals surface area (Å²) >= 11 is 1.28. The second-order valence-electron chi connectivity index (χ2n) is 8.29. The van der Waals surface area contributed by atoms with Gasteiger partial charge in [-0.3, -0.25) is 14.3 Å². The molecule has 0 aromatic heterocycles. The Morgan fingerprint density at radius 3 is 2.06 bits per heavy atom. The number of rotatable bonds is 7. The normalized spacial score (nSPS) is 14.2.